The molecular formula is C14H12ClFN2O2. The lowest BCUT2D eigenvalue weighted by molar-refractivity contribution is 0.0992. The van der Waals surface area contributed by atoms with Crippen LogP contribution in [-0.2, 0) is 0 Å². The Bertz CT molecular complexity index is 649. The first-order valence-corrected chi connectivity index (χ1v) is 6.14. The molecule has 0 N–H and O–H groups in total. The molecule has 1 aromatic carbocycles. The van der Waals surface area contributed by atoms with Gasteiger partial charge in [-0.05, 0) is 18.2 Å². The van der Waals surface area contributed by atoms with E-state index in [2.05, 4.69) is 4.98 Å². The predicted molar refractivity (Wildman–Crippen MR) is 74.9 cm³/mol. The molecule has 0 saturated heterocycles. The van der Waals surface area contributed by atoms with Crippen molar-refractivity contribution in [1.82, 2.24) is 4.98 Å². The first-order valence-electron chi connectivity index (χ1n) is 5.76. The number of halogens is 2. The maximum Gasteiger partial charge on any atom is 0.261 e. The highest BCUT2D eigenvalue weighted by Gasteiger charge is 2.18. The Hall–Kier alpha value is -2.14. The number of nitrogens with zero attached hydrogens (tertiary/aromatic N) is 2. The number of benzene rings is 1. The van der Waals surface area contributed by atoms with E-state index in [1.165, 1.54) is 12.0 Å². The van der Waals surface area contributed by atoms with Crippen molar-refractivity contribution in [3.63, 3.8) is 0 Å². The number of aromatic nitrogens is 1. The zero-order valence-corrected chi connectivity index (χ0v) is 11.7. The molecule has 2 aromatic rings. The van der Waals surface area contributed by atoms with Gasteiger partial charge in [-0.2, -0.15) is 0 Å². The molecule has 4 nitrogen and oxygen atoms in total. The fourth-order valence-corrected chi connectivity index (χ4v) is 1.87. The first kappa shape index (κ1) is 14.3. The zero-order chi connectivity index (χ0) is 14.7. The fourth-order valence-electron chi connectivity index (χ4n) is 1.69. The molecule has 0 fully saturated rings. The summed E-state index contributed by atoms with van der Waals surface area (Å²) in [5.41, 5.74) is 0.617. The van der Waals surface area contributed by atoms with E-state index in [1.807, 2.05) is 0 Å². The van der Waals surface area contributed by atoms with Crippen molar-refractivity contribution in [2.75, 3.05) is 19.1 Å². The molecule has 0 aliphatic heterocycles. The van der Waals surface area contributed by atoms with Crippen molar-refractivity contribution in [2.24, 2.45) is 0 Å². The van der Waals surface area contributed by atoms with Crippen molar-refractivity contribution in [3.05, 3.63) is 53.1 Å². The highest BCUT2D eigenvalue weighted by Crippen LogP contribution is 2.23. The van der Waals surface area contributed by atoms with E-state index < -0.39 is 11.7 Å². The Morgan fingerprint density at radius 3 is 2.85 bits per heavy atom. The SMILES string of the molecule is COc1cccc(N(C)C(=O)c2cc(F)cnc2Cl)c1. The largest absolute Gasteiger partial charge is 0.497 e. The Labute approximate surface area is 120 Å². The van der Waals surface area contributed by atoms with Crippen molar-refractivity contribution in [2.45, 2.75) is 0 Å². The van der Waals surface area contributed by atoms with E-state index in [0.717, 1.165) is 12.3 Å². The maximum absolute atomic E-state index is 13.2. The summed E-state index contributed by atoms with van der Waals surface area (Å²) in [6.07, 6.45) is 0.963. The third-order valence-corrected chi connectivity index (χ3v) is 3.08. The van der Waals surface area contributed by atoms with Gasteiger partial charge in [0.05, 0.1) is 18.9 Å². The van der Waals surface area contributed by atoms with Crippen LogP contribution in [0.3, 0.4) is 0 Å². The molecule has 0 aliphatic rings. The molecule has 0 aliphatic carbocycles. The normalized spacial score (nSPS) is 10.2. The van der Waals surface area contributed by atoms with Gasteiger partial charge >= 0.3 is 0 Å². The number of rotatable bonds is 3. The summed E-state index contributed by atoms with van der Waals surface area (Å²) in [5.74, 6) is -0.447. The zero-order valence-electron chi connectivity index (χ0n) is 10.9. The van der Waals surface area contributed by atoms with Gasteiger partial charge in [0.2, 0.25) is 0 Å². The monoisotopic (exact) mass is 294 g/mol. The van der Waals surface area contributed by atoms with E-state index in [-0.39, 0.29) is 10.7 Å². The first-order chi connectivity index (χ1) is 9.52. The Morgan fingerprint density at radius 1 is 1.40 bits per heavy atom. The maximum atomic E-state index is 13.2. The summed E-state index contributed by atoms with van der Waals surface area (Å²) in [5, 5.41) is -0.0360. The third kappa shape index (κ3) is 2.88. The highest BCUT2D eigenvalue weighted by atomic mass is 35.5. The van der Waals surface area contributed by atoms with Gasteiger partial charge in [-0.25, -0.2) is 9.37 Å². The number of amides is 1. The van der Waals surface area contributed by atoms with Crippen molar-refractivity contribution in [3.8, 4) is 5.75 Å². The third-order valence-electron chi connectivity index (χ3n) is 2.78. The molecular weight excluding hydrogens is 283 g/mol. The lowest BCUT2D eigenvalue weighted by Crippen LogP contribution is -2.26. The molecule has 0 unspecified atom stereocenters. The molecule has 0 atom stereocenters. The Balaban J connectivity index is 2.34. The van der Waals surface area contributed by atoms with Crippen molar-refractivity contribution in [1.29, 1.82) is 0 Å². The minimum absolute atomic E-state index is 0.0111. The van der Waals surface area contributed by atoms with Gasteiger partial charge in [0.25, 0.3) is 5.91 Å². The summed E-state index contributed by atoms with van der Waals surface area (Å²) < 4.78 is 18.3. The lowest BCUT2D eigenvalue weighted by atomic mass is 10.2. The van der Waals surface area contributed by atoms with Gasteiger partial charge < -0.3 is 9.64 Å². The number of carbonyl (C=O) groups excluding carboxylic acids is 1. The van der Waals surface area contributed by atoms with Gasteiger partial charge in [-0.15, -0.1) is 0 Å². The molecule has 104 valence electrons. The number of ether oxygens (including phenoxy) is 1. The topological polar surface area (TPSA) is 42.4 Å². The second-order valence-electron chi connectivity index (χ2n) is 4.06. The molecule has 1 aromatic heterocycles. The molecule has 0 spiro atoms. The Morgan fingerprint density at radius 2 is 2.15 bits per heavy atom. The van der Waals surface area contributed by atoms with Gasteiger partial charge in [0.15, 0.2) is 0 Å². The number of pyridine rings is 1. The summed E-state index contributed by atoms with van der Waals surface area (Å²) in [7, 11) is 3.10. The number of hydrogen-bond donors (Lipinski definition) is 0. The van der Waals surface area contributed by atoms with Crippen LogP contribution in [0.5, 0.6) is 5.75 Å². The number of methoxy groups -OCH3 is 1. The summed E-state index contributed by atoms with van der Waals surface area (Å²) in [6.45, 7) is 0. The minimum Gasteiger partial charge on any atom is -0.497 e. The second kappa shape index (κ2) is 5.88. The summed E-state index contributed by atoms with van der Waals surface area (Å²) >= 11 is 5.83. The van der Waals surface area contributed by atoms with Crippen LogP contribution in [0.2, 0.25) is 5.15 Å². The molecule has 0 radical (unpaired) electrons. The van der Waals surface area contributed by atoms with Crippen LogP contribution in [0.1, 0.15) is 10.4 Å². The fraction of sp³-hybridized carbons (Fsp3) is 0.143. The van der Waals surface area contributed by atoms with Crippen molar-refractivity contribution < 1.29 is 13.9 Å². The molecule has 20 heavy (non-hydrogen) atoms. The van der Waals surface area contributed by atoms with Gasteiger partial charge in [-0.3, -0.25) is 4.79 Å². The van der Waals surface area contributed by atoms with Crippen LogP contribution in [0.15, 0.2) is 36.5 Å². The molecule has 6 heteroatoms. The van der Waals surface area contributed by atoms with Crippen LogP contribution in [-0.4, -0.2) is 25.0 Å². The number of carbonyl (C=O) groups is 1. The predicted octanol–water partition coefficient (Wildman–Crippen LogP) is 3.16. The minimum atomic E-state index is -0.614. The van der Waals surface area contributed by atoms with Gasteiger partial charge in [0, 0.05) is 18.8 Å². The van der Waals surface area contributed by atoms with Crippen LogP contribution in [0.4, 0.5) is 10.1 Å². The second-order valence-corrected chi connectivity index (χ2v) is 4.42. The van der Waals surface area contributed by atoms with Crippen LogP contribution in [0.25, 0.3) is 0 Å². The number of hydrogen-bond acceptors (Lipinski definition) is 3. The molecule has 2 rings (SSSR count). The van der Waals surface area contributed by atoms with E-state index >= 15 is 0 Å². The van der Waals surface area contributed by atoms with Gasteiger partial charge in [-0.1, -0.05) is 17.7 Å². The van der Waals surface area contributed by atoms with E-state index in [0.29, 0.717) is 11.4 Å². The Kier molecular flexibility index (Phi) is 4.20. The van der Waals surface area contributed by atoms with Crippen LogP contribution < -0.4 is 9.64 Å². The van der Waals surface area contributed by atoms with Crippen LogP contribution >= 0.6 is 11.6 Å². The summed E-state index contributed by atoms with van der Waals surface area (Å²) in [4.78, 5) is 17.3. The standard InChI is InChI=1S/C14H12ClFN2O2/c1-18(10-4-3-5-11(7-10)20-2)14(19)12-6-9(16)8-17-13(12)15/h3-8H,1-2H3. The summed E-state index contributed by atoms with van der Waals surface area (Å²) in [6, 6.07) is 8.01. The molecule has 1 heterocycles. The molecule has 1 amide bonds. The molecule has 0 saturated carbocycles. The smallest absolute Gasteiger partial charge is 0.261 e. The van der Waals surface area contributed by atoms with E-state index in [4.69, 9.17) is 16.3 Å². The van der Waals surface area contributed by atoms with Gasteiger partial charge in [0.1, 0.15) is 16.7 Å². The van der Waals surface area contributed by atoms with Crippen molar-refractivity contribution >= 4 is 23.2 Å². The quantitative estimate of drug-likeness (QED) is 0.817. The average molecular weight is 295 g/mol. The average Bonchev–Trinajstić information content (AvgIpc) is 2.48. The molecule has 0 bridgehead atoms. The van der Waals surface area contributed by atoms with E-state index in [9.17, 15) is 9.18 Å². The highest BCUT2D eigenvalue weighted by molar-refractivity contribution is 6.33. The lowest BCUT2D eigenvalue weighted by Gasteiger charge is -2.18. The van der Waals surface area contributed by atoms with E-state index in [1.54, 1.807) is 31.3 Å². The van der Waals surface area contributed by atoms with Crippen LogP contribution in [0, 0.1) is 5.82 Å². The number of anilines is 1.